The fourth-order valence-corrected chi connectivity index (χ4v) is 4.08. The van der Waals surface area contributed by atoms with E-state index in [1.807, 2.05) is 4.90 Å². The van der Waals surface area contributed by atoms with Crippen molar-refractivity contribution in [3.05, 3.63) is 47.2 Å². The van der Waals surface area contributed by atoms with E-state index in [4.69, 9.17) is 0 Å². The Hall–Kier alpha value is -3.56. The lowest BCUT2D eigenvalue weighted by molar-refractivity contribution is 0.0719. The molecule has 2 amide bonds. The van der Waals surface area contributed by atoms with E-state index >= 15 is 0 Å². The lowest BCUT2D eigenvalue weighted by atomic mass is 10.0. The van der Waals surface area contributed by atoms with Crippen LogP contribution in [0, 0.1) is 0 Å². The van der Waals surface area contributed by atoms with Gasteiger partial charge in [-0.05, 0) is 25.0 Å². The minimum atomic E-state index is -0.108. The topological polar surface area (TPSA) is 109 Å². The van der Waals surface area contributed by atoms with Gasteiger partial charge in [0.2, 0.25) is 5.95 Å². The summed E-state index contributed by atoms with van der Waals surface area (Å²) in [6.07, 6.45) is 5.76. The van der Waals surface area contributed by atoms with Crippen LogP contribution in [0.1, 0.15) is 44.9 Å². The molecule has 0 radical (unpaired) electrons. The molecule has 0 saturated carbocycles. The van der Waals surface area contributed by atoms with E-state index < -0.39 is 0 Å². The Morgan fingerprint density at radius 2 is 1.90 bits per heavy atom. The SMILES string of the molecule is CNc1nc2c(c(C(=O)N3CCCC3)n1)CN(C(=O)c1ccn3ncnc3c1)CC2. The summed E-state index contributed by atoms with van der Waals surface area (Å²) < 4.78 is 1.61. The van der Waals surface area contributed by atoms with Crippen molar-refractivity contribution in [1.29, 1.82) is 0 Å². The number of aromatic nitrogens is 5. The second kappa shape index (κ2) is 7.36. The van der Waals surface area contributed by atoms with Crippen LogP contribution in [0.3, 0.4) is 0 Å². The third-order valence-electron chi connectivity index (χ3n) is 5.69. The molecule has 3 aromatic heterocycles. The Balaban J connectivity index is 1.47. The zero-order chi connectivity index (χ0) is 20.7. The maximum Gasteiger partial charge on any atom is 0.273 e. The molecule has 2 aliphatic heterocycles. The second-order valence-electron chi connectivity index (χ2n) is 7.53. The Kier molecular flexibility index (Phi) is 4.53. The van der Waals surface area contributed by atoms with E-state index in [0.29, 0.717) is 42.4 Å². The molecule has 30 heavy (non-hydrogen) atoms. The molecule has 0 unspecified atom stereocenters. The average Bonchev–Trinajstić information content (AvgIpc) is 3.48. The predicted molar refractivity (Wildman–Crippen MR) is 108 cm³/mol. The monoisotopic (exact) mass is 406 g/mol. The van der Waals surface area contributed by atoms with Gasteiger partial charge in [0.25, 0.3) is 11.8 Å². The summed E-state index contributed by atoms with van der Waals surface area (Å²) in [7, 11) is 1.74. The third kappa shape index (κ3) is 3.14. The van der Waals surface area contributed by atoms with E-state index in [1.54, 1.807) is 34.8 Å². The summed E-state index contributed by atoms with van der Waals surface area (Å²) >= 11 is 0. The number of carbonyl (C=O) groups excluding carboxylic acids is 2. The van der Waals surface area contributed by atoms with Crippen molar-refractivity contribution < 1.29 is 9.59 Å². The first-order chi connectivity index (χ1) is 14.6. The van der Waals surface area contributed by atoms with E-state index in [2.05, 4.69) is 25.4 Å². The van der Waals surface area contributed by atoms with Crippen molar-refractivity contribution in [3.63, 3.8) is 0 Å². The van der Waals surface area contributed by atoms with Gasteiger partial charge >= 0.3 is 0 Å². The normalized spacial score (nSPS) is 16.0. The van der Waals surface area contributed by atoms with Crippen LogP contribution < -0.4 is 5.32 Å². The number of anilines is 1. The molecule has 154 valence electrons. The van der Waals surface area contributed by atoms with Gasteiger partial charge in [0.15, 0.2) is 5.65 Å². The van der Waals surface area contributed by atoms with Gasteiger partial charge in [-0.1, -0.05) is 0 Å². The summed E-state index contributed by atoms with van der Waals surface area (Å²) in [4.78, 5) is 43.0. The average molecular weight is 406 g/mol. The summed E-state index contributed by atoms with van der Waals surface area (Å²) in [5.74, 6) is 0.249. The van der Waals surface area contributed by atoms with E-state index in [1.165, 1.54) is 6.33 Å². The fraction of sp³-hybridized carbons (Fsp3) is 0.400. The number of carbonyl (C=O) groups is 2. The zero-order valence-electron chi connectivity index (χ0n) is 16.7. The van der Waals surface area contributed by atoms with E-state index in [0.717, 1.165) is 37.2 Å². The minimum Gasteiger partial charge on any atom is -0.357 e. The molecule has 1 saturated heterocycles. The molecule has 1 N–H and O–H groups in total. The van der Waals surface area contributed by atoms with Gasteiger partial charge in [-0.2, -0.15) is 5.10 Å². The second-order valence-corrected chi connectivity index (χ2v) is 7.53. The first-order valence-electron chi connectivity index (χ1n) is 10.1. The first kappa shape index (κ1) is 18.5. The lowest BCUT2D eigenvalue weighted by Gasteiger charge is -2.30. The van der Waals surface area contributed by atoms with Gasteiger partial charge in [0, 0.05) is 50.4 Å². The highest BCUT2D eigenvalue weighted by atomic mass is 16.2. The molecule has 10 nitrogen and oxygen atoms in total. The van der Waals surface area contributed by atoms with Crippen molar-refractivity contribution in [2.75, 3.05) is 32.0 Å². The number of fused-ring (bicyclic) bond motifs is 2. The highest BCUT2D eigenvalue weighted by Crippen LogP contribution is 2.25. The maximum atomic E-state index is 13.2. The van der Waals surface area contributed by atoms with Crippen molar-refractivity contribution >= 4 is 23.4 Å². The summed E-state index contributed by atoms with van der Waals surface area (Å²) in [6, 6.07) is 3.46. The van der Waals surface area contributed by atoms with Crippen LogP contribution in [0.25, 0.3) is 5.65 Å². The molecule has 0 bridgehead atoms. The smallest absolute Gasteiger partial charge is 0.273 e. The van der Waals surface area contributed by atoms with Gasteiger partial charge in [-0.15, -0.1) is 0 Å². The lowest BCUT2D eigenvalue weighted by Crippen LogP contribution is -2.39. The van der Waals surface area contributed by atoms with Crippen molar-refractivity contribution in [2.24, 2.45) is 0 Å². The van der Waals surface area contributed by atoms with Crippen LogP contribution in [0.15, 0.2) is 24.7 Å². The van der Waals surface area contributed by atoms with Crippen molar-refractivity contribution in [2.45, 2.75) is 25.8 Å². The predicted octanol–water partition coefficient (Wildman–Crippen LogP) is 0.995. The van der Waals surface area contributed by atoms with Crippen LogP contribution in [0.2, 0.25) is 0 Å². The molecule has 1 fully saturated rings. The maximum absolute atomic E-state index is 13.2. The highest BCUT2D eigenvalue weighted by molar-refractivity contribution is 5.97. The van der Waals surface area contributed by atoms with Crippen LogP contribution in [-0.2, 0) is 13.0 Å². The molecule has 5 heterocycles. The molecule has 5 rings (SSSR count). The summed E-state index contributed by atoms with van der Waals surface area (Å²) in [6.45, 7) is 2.33. The Bertz CT molecular complexity index is 1140. The van der Waals surface area contributed by atoms with E-state index in [-0.39, 0.29) is 11.8 Å². The molecule has 3 aromatic rings. The van der Waals surface area contributed by atoms with Crippen molar-refractivity contribution in [1.82, 2.24) is 34.4 Å². The van der Waals surface area contributed by atoms with Crippen LogP contribution in [0.4, 0.5) is 5.95 Å². The Morgan fingerprint density at radius 3 is 2.70 bits per heavy atom. The molecule has 0 atom stereocenters. The number of rotatable bonds is 3. The number of nitrogens with zero attached hydrogens (tertiary/aromatic N) is 7. The third-order valence-corrected chi connectivity index (χ3v) is 5.69. The van der Waals surface area contributed by atoms with Gasteiger partial charge in [0.05, 0.1) is 12.2 Å². The van der Waals surface area contributed by atoms with Crippen LogP contribution in [-0.4, -0.2) is 72.9 Å². The summed E-state index contributed by atoms with van der Waals surface area (Å²) in [5.41, 5.74) is 3.13. The molecule has 10 heteroatoms. The van der Waals surface area contributed by atoms with E-state index in [9.17, 15) is 9.59 Å². The van der Waals surface area contributed by atoms with Gasteiger partial charge in [0.1, 0.15) is 12.0 Å². The number of amides is 2. The molecule has 0 spiro atoms. The summed E-state index contributed by atoms with van der Waals surface area (Å²) in [5, 5.41) is 7.01. The Labute approximate surface area is 172 Å². The molecule has 0 aliphatic carbocycles. The molecular weight excluding hydrogens is 384 g/mol. The number of pyridine rings is 1. The van der Waals surface area contributed by atoms with Gasteiger partial charge in [-0.25, -0.2) is 19.5 Å². The number of hydrogen-bond acceptors (Lipinski definition) is 7. The highest BCUT2D eigenvalue weighted by Gasteiger charge is 2.31. The quantitative estimate of drug-likeness (QED) is 0.691. The molecule has 0 aromatic carbocycles. The first-order valence-corrected chi connectivity index (χ1v) is 10.1. The number of likely N-dealkylation sites (tertiary alicyclic amines) is 1. The van der Waals surface area contributed by atoms with Crippen LogP contribution in [0.5, 0.6) is 0 Å². The largest absolute Gasteiger partial charge is 0.357 e. The molecule has 2 aliphatic rings. The standard InChI is InChI=1S/C20H22N8O2/c1-21-20-24-15-5-8-27(18(29)13-4-9-28-16(10-13)22-12-23-28)11-14(15)17(25-20)19(30)26-6-2-3-7-26/h4,9-10,12H,2-3,5-8,11H2,1H3,(H,21,24,25). The number of hydrogen-bond donors (Lipinski definition) is 1. The Morgan fingerprint density at radius 1 is 1.07 bits per heavy atom. The van der Waals surface area contributed by atoms with Crippen LogP contribution >= 0.6 is 0 Å². The van der Waals surface area contributed by atoms with Crippen molar-refractivity contribution in [3.8, 4) is 0 Å². The van der Waals surface area contributed by atoms with Gasteiger partial charge in [-0.3, -0.25) is 9.59 Å². The zero-order valence-corrected chi connectivity index (χ0v) is 16.7. The fourth-order valence-electron chi connectivity index (χ4n) is 4.08. The number of nitrogens with one attached hydrogen (secondary N) is 1. The minimum absolute atomic E-state index is 0.0816. The molecular formula is C20H22N8O2. The van der Waals surface area contributed by atoms with Gasteiger partial charge < -0.3 is 15.1 Å².